The van der Waals surface area contributed by atoms with Crippen LogP contribution in [0.3, 0.4) is 0 Å². The van der Waals surface area contributed by atoms with Gasteiger partial charge in [0.25, 0.3) is 0 Å². The molecule has 1 aromatic carbocycles. The van der Waals surface area contributed by atoms with Gasteiger partial charge in [0.15, 0.2) is 0 Å². The van der Waals surface area contributed by atoms with Crippen molar-refractivity contribution in [2.24, 2.45) is 0 Å². The number of halogens is 4. The fourth-order valence-electron chi connectivity index (χ4n) is 2.68. The van der Waals surface area contributed by atoms with Gasteiger partial charge in [0.1, 0.15) is 5.82 Å². The number of benzene rings is 1. The van der Waals surface area contributed by atoms with Crippen molar-refractivity contribution >= 4 is 11.8 Å². The number of rotatable bonds is 4. The monoisotopic (exact) mass is 321 g/mol. The summed E-state index contributed by atoms with van der Waals surface area (Å²) in [5, 5.41) is 3.93. The minimum Gasteiger partial charge on any atom is -0.310 e. The lowest BCUT2D eigenvalue weighted by atomic mass is 9.95. The standard InChI is InChI=1S/C15H19F4NS/c1-21-14-4-2-13(3-5-14)20-9-10-6-11(15(17,18)19)8-12(16)7-10/h6-8,13-14,20H,2-5,9H2,1H3. The predicted octanol–water partition coefficient (Wildman–Crippen LogP) is 4.61. The first-order chi connectivity index (χ1) is 9.88. The van der Waals surface area contributed by atoms with Crippen LogP contribution < -0.4 is 5.32 Å². The topological polar surface area (TPSA) is 12.0 Å². The Morgan fingerprint density at radius 1 is 1.14 bits per heavy atom. The summed E-state index contributed by atoms with van der Waals surface area (Å²) in [6, 6.07) is 3.03. The van der Waals surface area contributed by atoms with Crippen LogP contribution >= 0.6 is 11.8 Å². The molecular weight excluding hydrogens is 302 g/mol. The zero-order valence-electron chi connectivity index (χ0n) is 11.8. The summed E-state index contributed by atoms with van der Waals surface area (Å²) < 4.78 is 51.2. The molecule has 0 spiro atoms. The molecule has 0 bridgehead atoms. The van der Waals surface area contributed by atoms with E-state index in [4.69, 9.17) is 0 Å². The SMILES string of the molecule is CSC1CCC(NCc2cc(F)cc(C(F)(F)F)c2)CC1. The Balaban J connectivity index is 1.93. The average molecular weight is 321 g/mol. The van der Waals surface area contributed by atoms with Crippen LogP contribution in [-0.2, 0) is 12.7 Å². The van der Waals surface area contributed by atoms with Crippen molar-refractivity contribution in [2.75, 3.05) is 6.26 Å². The van der Waals surface area contributed by atoms with Crippen LogP contribution in [0.25, 0.3) is 0 Å². The highest BCUT2D eigenvalue weighted by Crippen LogP contribution is 2.31. The van der Waals surface area contributed by atoms with Crippen molar-refractivity contribution < 1.29 is 17.6 Å². The summed E-state index contributed by atoms with van der Waals surface area (Å²) in [4.78, 5) is 0. The van der Waals surface area contributed by atoms with Gasteiger partial charge in [0.05, 0.1) is 5.56 Å². The van der Waals surface area contributed by atoms with Crippen molar-refractivity contribution in [1.29, 1.82) is 0 Å². The number of hydrogen-bond acceptors (Lipinski definition) is 2. The molecule has 0 amide bonds. The summed E-state index contributed by atoms with van der Waals surface area (Å²) in [6.07, 6.45) is 1.88. The van der Waals surface area contributed by atoms with Crippen molar-refractivity contribution in [2.45, 2.75) is 49.7 Å². The van der Waals surface area contributed by atoms with E-state index in [2.05, 4.69) is 11.6 Å². The van der Waals surface area contributed by atoms with Crippen molar-refractivity contribution in [3.8, 4) is 0 Å². The van der Waals surface area contributed by atoms with E-state index in [0.717, 1.165) is 37.8 Å². The summed E-state index contributed by atoms with van der Waals surface area (Å²) in [6.45, 7) is 0.273. The highest BCUT2D eigenvalue weighted by molar-refractivity contribution is 7.99. The fraction of sp³-hybridized carbons (Fsp3) is 0.600. The van der Waals surface area contributed by atoms with Crippen LogP contribution in [-0.4, -0.2) is 17.5 Å². The third kappa shape index (κ3) is 4.88. The molecule has 1 saturated carbocycles. The van der Waals surface area contributed by atoms with Crippen LogP contribution in [0.2, 0.25) is 0 Å². The molecule has 2 rings (SSSR count). The molecule has 0 aliphatic heterocycles. The maximum atomic E-state index is 13.3. The number of nitrogens with one attached hydrogen (secondary N) is 1. The molecule has 118 valence electrons. The first-order valence-electron chi connectivity index (χ1n) is 7.01. The maximum absolute atomic E-state index is 13.3. The summed E-state index contributed by atoms with van der Waals surface area (Å²) in [7, 11) is 0. The van der Waals surface area contributed by atoms with E-state index < -0.39 is 17.6 Å². The Labute approximate surface area is 126 Å². The summed E-state index contributed by atoms with van der Waals surface area (Å²) in [5.74, 6) is -0.840. The van der Waals surface area contributed by atoms with Gasteiger partial charge in [-0.25, -0.2) is 4.39 Å². The first kappa shape index (κ1) is 16.6. The highest BCUT2D eigenvalue weighted by Gasteiger charge is 2.31. The number of thioether (sulfide) groups is 1. The van der Waals surface area contributed by atoms with Gasteiger partial charge in [0.2, 0.25) is 0 Å². The van der Waals surface area contributed by atoms with E-state index in [-0.39, 0.29) is 6.54 Å². The van der Waals surface area contributed by atoms with E-state index in [1.807, 2.05) is 11.8 Å². The van der Waals surface area contributed by atoms with Gasteiger partial charge < -0.3 is 5.32 Å². The van der Waals surface area contributed by atoms with Crippen LogP contribution in [0, 0.1) is 5.82 Å². The molecule has 6 heteroatoms. The second kappa shape index (κ2) is 7.01. The molecule has 1 N–H and O–H groups in total. The lowest BCUT2D eigenvalue weighted by Gasteiger charge is -2.28. The first-order valence-corrected chi connectivity index (χ1v) is 8.30. The number of alkyl halides is 3. The second-order valence-corrected chi connectivity index (χ2v) is 6.57. The fourth-order valence-corrected chi connectivity index (χ4v) is 3.42. The van der Waals surface area contributed by atoms with Gasteiger partial charge in [-0.1, -0.05) is 0 Å². The van der Waals surface area contributed by atoms with Gasteiger partial charge in [-0.05, 0) is 55.7 Å². The van der Waals surface area contributed by atoms with Crippen molar-refractivity contribution in [3.05, 3.63) is 35.1 Å². The van der Waals surface area contributed by atoms with Gasteiger partial charge in [-0.3, -0.25) is 0 Å². The second-order valence-electron chi connectivity index (χ2n) is 5.44. The molecule has 21 heavy (non-hydrogen) atoms. The molecule has 1 nitrogen and oxygen atoms in total. The van der Waals surface area contributed by atoms with Crippen LogP contribution in [0.5, 0.6) is 0 Å². The third-order valence-corrected chi connectivity index (χ3v) is 5.03. The molecule has 0 atom stereocenters. The van der Waals surface area contributed by atoms with Crippen molar-refractivity contribution in [3.63, 3.8) is 0 Å². The quantitative estimate of drug-likeness (QED) is 0.813. The molecule has 0 aromatic heterocycles. The molecule has 1 aliphatic carbocycles. The van der Waals surface area contributed by atoms with E-state index in [9.17, 15) is 17.6 Å². The van der Waals surface area contributed by atoms with Gasteiger partial charge in [0, 0.05) is 17.8 Å². The molecule has 0 heterocycles. The minimum absolute atomic E-state index is 0.273. The highest BCUT2D eigenvalue weighted by atomic mass is 32.2. The third-order valence-electron chi connectivity index (χ3n) is 3.89. The lowest BCUT2D eigenvalue weighted by Crippen LogP contribution is -2.33. The van der Waals surface area contributed by atoms with E-state index in [1.54, 1.807) is 0 Å². The normalized spacial score (nSPS) is 23.3. The molecule has 0 saturated heterocycles. The predicted molar refractivity (Wildman–Crippen MR) is 77.8 cm³/mol. The van der Waals surface area contributed by atoms with E-state index >= 15 is 0 Å². The molecule has 1 aliphatic rings. The minimum atomic E-state index is -4.51. The Morgan fingerprint density at radius 2 is 1.81 bits per heavy atom. The van der Waals surface area contributed by atoms with E-state index in [0.29, 0.717) is 22.9 Å². The zero-order chi connectivity index (χ0) is 15.5. The maximum Gasteiger partial charge on any atom is 0.416 e. The van der Waals surface area contributed by atoms with Gasteiger partial charge in [-0.2, -0.15) is 24.9 Å². The Hall–Kier alpha value is -0.750. The van der Waals surface area contributed by atoms with Crippen LogP contribution in [0.1, 0.15) is 36.8 Å². The Morgan fingerprint density at radius 3 is 2.38 bits per heavy atom. The molecule has 0 radical (unpaired) electrons. The van der Waals surface area contributed by atoms with Crippen LogP contribution in [0.4, 0.5) is 17.6 Å². The Kier molecular flexibility index (Phi) is 5.54. The molecular formula is C15H19F4NS. The molecule has 0 unspecified atom stereocenters. The molecule has 1 fully saturated rings. The smallest absolute Gasteiger partial charge is 0.310 e. The largest absolute Gasteiger partial charge is 0.416 e. The summed E-state index contributed by atoms with van der Waals surface area (Å²) >= 11 is 1.87. The Bertz CT molecular complexity index is 467. The summed E-state index contributed by atoms with van der Waals surface area (Å²) in [5.41, 5.74) is -0.584. The number of hydrogen-bond donors (Lipinski definition) is 1. The van der Waals surface area contributed by atoms with Crippen LogP contribution in [0.15, 0.2) is 18.2 Å². The van der Waals surface area contributed by atoms with E-state index in [1.165, 1.54) is 0 Å². The van der Waals surface area contributed by atoms with Gasteiger partial charge in [-0.15, -0.1) is 0 Å². The molecule has 1 aromatic rings. The van der Waals surface area contributed by atoms with Crippen molar-refractivity contribution in [1.82, 2.24) is 5.32 Å². The zero-order valence-corrected chi connectivity index (χ0v) is 12.7. The average Bonchev–Trinajstić information content (AvgIpc) is 2.44. The van der Waals surface area contributed by atoms with Gasteiger partial charge >= 0.3 is 6.18 Å². The lowest BCUT2D eigenvalue weighted by molar-refractivity contribution is -0.137.